The van der Waals surface area contributed by atoms with Gasteiger partial charge in [0.25, 0.3) is 0 Å². The van der Waals surface area contributed by atoms with Gasteiger partial charge < -0.3 is 15.2 Å². The Hall–Kier alpha value is -0.770. The van der Waals surface area contributed by atoms with E-state index in [0.29, 0.717) is 5.02 Å². The number of aromatic hydroxyl groups is 1. The molecule has 0 fully saturated rings. The molecule has 1 aromatic rings. The number of phenols is 1. The summed E-state index contributed by atoms with van der Waals surface area (Å²) in [6.07, 6.45) is 0.893. The first-order valence-corrected chi connectivity index (χ1v) is 5.29. The van der Waals surface area contributed by atoms with Crippen molar-refractivity contribution >= 4 is 11.6 Å². The van der Waals surface area contributed by atoms with Crippen molar-refractivity contribution in [2.24, 2.45) is 0 Å². The summed E-state index contributed by atoms with van der Waals surface area (Å²) in [6, 6.07) is 5.28. The first kappa shape index (κ1) is 12.3. The maximum Gasteiger partial charge on any atom is 0.134 e. The lowest BCUT2D eigenvalue weighted by atomic mass is 10.1. The van der Waals surface area contributed by atoms with Gasteiger partial charge in [0.2, 0.25) is 0 Å². The lowest BCUT2D eigenvalue weighted by Gasteiger charge is -2.05. The lowest BCUT2D eigenvalue weighted by Crippen LogP contribution is -2.21. The van der Waals surface area contributed by atoms with Gasteiger partial charge in [-0.05, 0) is 30.7 Å². The predicted octanol–water partition coefficient (Wildman–Crippen LogP) is 1.82. The summed E-state index contributed by atoms with van der Waals surface area (Å²) in [7, 11) is 1.68. The third-order valence-corrected chi connectivity index (χ3v) is 2.39. The van der Waals surface area contributed by atoms with Gasteiger partial charge in [0.1, 0.15) is 5.75 Å². The Labute approximate surface area is 95.0 Å². The quantitative estimate of drug-likeness (QED) is 0.732. The molecule has 0 atom stereocenters. The fraction of sp³-hybridized carbons (Fsp3) is 0.455. The fourth-order valence-corrected chi connectivity index (χ4v) is 1.44. The SMILES string of the molecule is COCCNCCc1ccc(O)c(Cl)c1. The van der Waals surface area contributed by atoms with Crippen molar-refractivity contribution in [3.8, 4) is 5.75 Å². The Balaban J connectivity index is 2.28. The van der Waals surface area contributed by atoms with Gasteiger partial charge in [-0.15, -0.1) is 0 Å². The molecule has 1 aromatic carbocycles. The molecule has 0 aromatic heterocycles. The molecular formula is C11H16ClNO2. The zero-order chi connectivity index (χ0) is 11.1. The number of hydrogen-bond donors (Lipinski definition) is 2. The number of benzene rings is 1. The van der Waals surface area contributed by atoms with Crippen LogP contribution in [0.1, 0.15) is 5.56 Å². The van der Waals surface area contributed by atoms with Crippen LogP contribution in [0.15, 0.2) is 18.2 Å². The summed E-state index contributed by atoms with van der Waals surface area (Å²) in [5, 5.41) is 12.9. The Morgan fingerprint density at radius 1 is 1.40 bits per heavy atom. The van der Waals surface area contributed by atoms with Crippen LogP contribution in [-0.4, -0.2) is 31.9 Å². The molecule has 0 heterocycles. The van der Waals surface area contributed by atoms with E-state index in [-0.39, 0.29) is 5.75 Å². The summed E-state index contributed by atoms with van der Waals surface area (Å²) < 4.78 is 4.91. The molecule has 2 N–H and O–H groups in total. The van der Waals surface area contributed by atoms with Gasteiger partial charge in [0, 0.05) is 13.7 Å². The summed E-state index contributed by atoms with van der Waals surface area (Å²) in [6.45, 7) is 2.45. The van der Waals surface area contributed by atoms with E-state index in [1.807, 2.05) is 6.07 Å². The van der Waals surface area contributed by atoms with E-state index in [4.69, 9.17) is 16.3 Å². The van der Waals surface area contributed by atoms with E-state index in [1.165, 1.54) is 0 Å². The molecule has 15 heavy (non-hydrogen) atoms. The average molecular weight is 230 g/mol. The van der Waals surface area contributed by atoms with Crippen molar-refractivity contribution in [1.29, 1.82) is 0 Å². The number of nitrogens with one attached hydrogen (secondary N) is 1. The zero-order valence-electron chi connectivity index (χ0n) is 8.79. The highest BCUT2D eigenvalue weighted by Gasteiger charge is 1.99. The summed E-state index contributed by atoms with van der Waals surface area (Å²) in [4.78, 5) is 0. The van der Waals surface area contributed by atoms with Crippen LogP contribution in [0, 0.1) is 0 Å². The Morgan fingerprint density at radius 2 is 2.20 bits per heavy atom. The van der Waals surface area contributed by atoms with Crippen molar-refractivity contribution < 1.29 is 9.84 Å². The standard InChI is InChI=1S/C11H16ClNO2/c1-15-7-6-13-5-4-9-2-3-11(14)10(12)8-9/h2-3,8,13-14H,4-7H2,1H3. The van der Waals surface area contributed by atoms with E-state index in [0.717, 1.165) is 31.7 Å². The molecule has 3 nitrogen and oxygen atoms in total. The van der Waals surface area contributed by atoms with Crippen molar-refractivity contribution in [2.45, 2.75) is 6.42 Å². The number of phenolic OH excluding ortho intramolecular Hbond substituents is 1. The van der Waals surface area contributed by atoms with Gasteiger partial charge in [-0.1, -0.05) is 17.7 Å². The third-order valence-electron chi connectivity index (χ3n) is 2.09. The maximum atomic E-state index is 9.22. The molecule has 84 valence electrons. The lowest BCUT2D eigenvalue weighted by molar-refractivity contribution is 0.199. The van der Waals surface area contributed by atoms with Crippen molar-refractivity contribution in [2.75, 3.05) is 26.8 Å². The smallest absolute Gasteiger partial charge is 0.134 e. The maximum absolute atomic E-state index is 9.22. The number of ether oxygens (including phenoxy) is 1. The number of halogens is 1. The van der Waals surface area contributed by atoms with Gasteiger partial charge in [-0.25, -0.2) is 0 Å². The van der Waals surface area contributed by atoms with Gasteiger partial charge in [0.15, 0.2) is 0 Å². The highest BCUT2D eigenvalue weighted by Crippen LogP contribution is 2.23. The Bertz CT molecular complexity index is 305. The van der Waals surface area contributed by atoms with Crippen molar-refractivity contribution in [3.05, 3.63) is 28.8 Å². The van der Waals surface area contributed by atoms with E-state index in [2.05, 4.69) is 5.32 Å². The second-order valence-corrected chi connectivity index (χ2v) is 3.69. The van der Waals surface area contributed by atoms with Gasteiger partial charge in [-0.2, -0.15) is 0 Å². The van der Waals surface area contributed by atoms with Crippen molar-refractivity contribution in [3.63, 3.8) is 0 Å². The zero-order valence-corrected chi connectivity index (χ0v) is 9.55. The molecule has 4 heteroatoms. The average Bonchev–Trinajstić information content (AvgIpc) is 2.23. The van der Waals surface area contributed by atoms with E-state index in [1.54, 1.807) is 19.2 Å². The minimum Gasteiger partial charge on any atom is -0.506 e. The molecule has 1 rings (SSSR count). The normalized spacial score (nSPS) is 10.5. The van der Waals surface area contributed by atoms with Gasteiger partial charge in [0.05, 0.1) is 11.6 Å². The molecule has 0 spiro atoms. The minimum absolute atomic E-state index is 0.132. The molecule has 0 aliphatic heterocycles. The largest absolute Gasteiger partial charge is 0.506 e. The molecule has 0 aliphatic carbocycles. The van der Waals surface area contributed by atoms with Crippen LogP contribution in [-0.2, 0) is 11.2 Å². The first-order valence-electron chi connectivity index (χ1n) is 4.91. The third kappa shape index (κ3) is 4.51. The summed E-state index contributed by atoms with van der Waals surface area (Å²) >= 11 is 5.79. The second kappa shape index (κ2) is 6.67. The van der Waals surface area contributed by atoms with Crippen LogP contribution in [0.25, 0.3) is 0 Å². The van der Waals surface area contributed by atoms with Gasteiger partial charge in [-0.3, -0.25) is 0 Å². The van der Waals surface area contributed by atoms with Crippen LogP contribution in [0.3, 0.4) is 0 Å². The van der Waals surface area contributed by atoms with Gasteiger partial charge >= 0.3 is 0 Å². The van der Waals surface area contributed by atoms with E-state index >= 15 is 0 Å². The van der Waals surface area contributed by atoms with Crippen LogP contribution in [0.2, 0.25) is 5.02 Å². The topological polar surface area (TPSA) is 41.5 Å². The van der Waals surface area contributed by atoms with Crippen LogP contribution >= 0.6 is 11.6 Å². The molecule has 0 amide bonds. The molecule has 0 radical (unpaired) electrons. The monoisotopic (exact) mass is 229 g/mol. The minimum atomic E-state index is 0.132. The number of rotatable bonds is 6. The van der Waals surface area contributed by atoms with Crippen molar-refractivity contribution in [1.82, 2.24) is 5.32 Å². The number of hydrogen-bond acceptors (Lipinski definition) is 3. The molecule has 0 saturated heterocycles. The number of methoxy groups -OCH3 is 1. The fourth-order valence-electron chi connectivity index (χ4n) is 1.24. The summed E-state index contributed by atoms with van der Waals surface area (Å²) in [5.74, 6) is 0.132. The highest BCUT2D eigenvalue weighted by atomic mass is 35.5. The molecule has 0 unspecified atom stereocenters. The predicted molar refractivity (Wildman–Crippen MR) is 61.6 cm³/mol. The molecule has 0 aliphatic rings. The Kier molecular flexibility index (Phi) is 5.47. The van der Waals surface area contributed by atoms with Crippen LogP contribution in [0.5, 0.6) is 5.75 Å². The first-order chi connectivity index (χ1) is 7.24. The van der Waals surface area contributed by atoms with E-state index < -0.39 is 0 Å². The van der Waals surface area contributed by atoms with Crippen LogP contribution in [0.4, 0.5) is 0 Å². The van der Waals surface area contributed by atoms with Crippen LogP contribution < -0.4 is 5.32 Å². The molecular weight excluding hydrogens is 214 g/mol. The Morgan fingerprint density at radius 3 is 2.87 bits per heavy atom. The summed E-state index contributed by atoms with van der Waals surface area (Å²) in [5.41, 5.74) is 1.11. The highest BCUT2D eigenvalue weighted by molar-refractivity contribution is 6.32. The molecule has 0 saturated carbocycles. The molecule has 0 bridgehead atoms. The second-order valence-electron chi connectivity index (χ2n) is 3.28. The van der Waals surface area contributed by atoms with E-state index in [9.17, 15) is 5.11 Å².